The average Bonchev–Trinajstić information content (AvgIpc) is 3.21. The van der Waals surface area contributed by atoms with Gasteiger partial charge in [-0.3, -0.25) is 9.69 Å². The summed E-state index contributed by atoms with van der Waals surface area (Å²) in [5.41, 5.74) is 0. The maximum absolute atomic E-state index is 12.2. The first-order valence-electron chi connectivity index (χ1n) is 8.60. The van der Waals surface area contributed by atoms with Crippen molar-refractivity contribution in [3.05, 3.63) is 23.7 Å². The molecule has 0 aliphatic carbocycles. The van der Waals surface area contributed by atoms with E-state index in [0.29, 0.717) is 19.0 Å². The summed E-state index contributed by atoms with van der Waals surface area (Å²) in [5.74, 6) is 1.94. The average molecular weight is 321 g/mol. The third kappa shape index (κ3) is 4.56. The van der Waals surface area contributed by atoms with E-state index in [9.17, 15) is 4.79 Å². The Bertz CT molecular complexity index is 505. The van der Waals surface area contributed by atoms with Crippen molar-refractivity contribution in [2.45, 2.75) is 38.3 Å². The molecule has 0 aromatic carbocycles. The number of nitrogens with one attached hydrogen (secondary N) is 2. The zero-order valence-corrected chi connectivity index (χ0v) is 13.8. The first kappa shape index (κ1) is 16.5. The standard InChI is InChI=1S/C17H27N3O3/c1-13-4-5-16(23-13)15(20-7-9-22-10-8-20)12-19-17(21)11-14-3-2-6-18-14/h4-5,14-15,18H,2-3,6-12H2,1H3,(H,19,21). The van der Waals surface area contributed by atoms with Gasteiger partial charge in [-0.25, -0.2) is 0 Å². The van der Waals surface area contributed by atoms with Crippen LogP contribution in [0.2, 0.25) is 0 Å². The molecule has 6 heteroatoms. The first-order chi connectivity index (χ1) is 11.2. The van der Waals surface area contributed by atoms with Gasteiger partial charge in [0, 0.05) is 32.1 Å². The Labute approximate surface area is 137 Å². The van der Waals surface area contributed by atoms with Gasteiger partial charge in [0.15, 0.2) is 0 Å². The molecule has 1 aromatic rings. The second-order valence-electron chi connectivity index (χ2n) is 6.41. The van der Waals surface area contributed by atoms with Crippen molar-refractivity contribution in [1.82, 2.24) is 15.5 Å². The topological polar surface area (TPSA) is 66.7 Å². The number of morpholine rings is 1. The number of carbonyl (C=O) groups excluding carboxylic acids is 1. The molecule has 0 saturated carbocycles. The van der Waals surface area contributed by atoms with E-state index < -0.39 is 0 Å². The first-order valence-corrected chi connectivity index (χ1v) is 8.60. The highest BCUT2D eigenvalue weighted by atomic mass is 16.5. The molecule has 2 fully saturated rings. The van der Waals surface area contributed by atoms with Crippen molar-refractivity contribution >= 4 is 5.91 Å². The van der Waals surface area contributed by atoms with Gasteiger partial charge in [0.2, 0.25) is 5.91 Å². The number of aryl methyl sites for hydroxylation is 1. The Balaban J connectivity index is 1.57. The number of rotatable bonds is 6. The third-order valence-corrected chi connectivity index (χ3v) is 4.66. The minimum atomic E-state index is 0.0769. The van der Waals surface area contributed by atoms with Gasteiger partial charge in [-0.2, -0.15) is 0 Å². The predicted molar refractivity (Wildman–Crippen MR) is 87.2 cm³/mol. The molecular formula is C17H27N3O3. The van der Waals surface area contributed by atoms with E-state index in [1.54, 1.807) is 0 Å². The van der Waals surface area contributed by atoms with Crippen molar-refractivity contribution in [2.24, 2.45) is 0 Å². The quantitative estimate of drug-likeness (QED) is 0.825. The van der Waals surface area contributed by atoms with Crippen LogP contribution in [-0.4, -0.2) is 56.2 Å². The Hall–Kier alpha value is -1.37. The van der Waals surface area contributed by atoms with Crippen LogP contribution in [0.4, 0.5) is 0 Å². The molecule has 1 amide bonds. The third-order valence-electron chi connectivity index (χ3n) is 4.66. The van der Waals surface area contributed by atoms with Crippen LogP contribution in [-0.2, 0) is 9.53 Å². The fourth-order valence-electron chi connectivity index (χ4n) is 3.37. The van der Waals surface area contributed by atoms with E-state index in [2.05, 4.69) is 15.5 Å². The van der Waals surface area contributed by atoms with Crippen molar-refractivity contribution in [2.75, 3.05) is 39.4 Å². The minimum Gasteiger partial charge on any atom is -0.465 e. The summed E-state index contributed by atoms with van der Waals surface area (Å²) >= 11 is 0. The summed E-state index contributed by atoms with van der Waals surface area (Å²) in [4.78, 5) is 14.5. The highest BCUT2D eigenvalue weighted by Crippen LogP contribution is 2.23. The number of carbonyl (C=O) groups is 1. The van der Waals surface area contributed by atoms with Crippen LogP contribution in [0.15, 0.2) is 16.5 Å². The predicted octanol–water partition coefficient (Wildman–Crippen LogP) is 1.22. The maximum Gasteiger partial charge on any atom is 0.221 e. The molecule has 2 unspecified atom stereocenters. The van der Waals surface area contributed by atoms with Gasteiger partial charge in [0.25, 0.3) is 0 Å². The number of amides is 1. The number of ether oxygens (including phenoxy) is 1. The fourth-order valence-corrected chi connectivity index (χ4v) is 3.37. The number of hydrogen-bond acceptors (Lipinski definition) is 5. The Morgan fingerprint density at radius 2 is 2.26 bits per heavy atom. The second kappa shape index (κ2) is 7.95. The van der Waals surface area contributed by atoms with Gasteiger partial charge in [0.05, 0.1) is 19.3 Å². The van der Waals surface area contributed by atoms with E-state index in [4.69, 9.17) is 9.15 Å². The molecule has 1 aromatic heterocycles. The normalized spacial score (nSPS) is 23.8. The fraction of sp³-hybridized carbons (Fsp3) is 0.706. The van der Waals surface area contributed by atoms with Crippen molar-refractivity contribution < 1.29 is 13.9 Å². The van der Waals surface area contributed by atoms with Crippen molar-refractivity contribution in [1.29, 1.82) is 0 Å². The number of hydrogen-bond donors (Lipinski definition) is 2. The molecule has 2 aliphatic rings. The number of furan rings is 1. The van der Waals surface area contributed by atoms with Crippen molar-refractivity contribution in [3.63, 3.8) is 0 Å². The Morgan fingerprint density at radius 3 is 2.91 bits per heavy atom. The van der Waals surface area contributed by atoms with Gasteiger partial charge in [-0.1, -0.05) is 0 Å². The highest BCUT2D eigenvalue weighted by molar-refractivity contribution is 5.76. The van der Waals surface area contributed by atoms with E-state index in [1.807, 2.05) is 19.1 Å². The monoisotopic (exact) mass is 321 g/mol. The van der Waals surface area contributed by atoms with Gasteiger partial charge >= 0.3 is 0 Å². The van der Waals surface area contributed by atoms with E-state index in [-0.39, 0.29) is 11.9 Å². The van der Waals surface area contributed by atoms with Crippen LogP contribution < -0.4 is 10.6 Å². The number of nitrogens with zero attached hydrogens (tertiary/aromatic N) is 1. The molecule has 6 nitrogen and oxygen atoms in total. The molecule has 128 valence electrons. The zero-order valence-electron chi connectivity index (χ0n) is 13.8. The molecule has 2 atom stereocenters. The molecule has 2 N–H and O–H groups in total. The lowest BCUT2D eigenvalue weighted by Gasteiger charge is -2.33. The van der Waals surface area contributed by atoms with Gasteiger partial charge < -0.3 is 19.8 Å². The lowest BCUT2D eigenvalue weighted by Crippen LogP contribution is -2.44. The van der Waals surface area contributed by atoms with Crippen LogP contribution in [0.25, 0.3) is 0 Å². The molecular weight excluding hydrogens is 294 g/mol. The van der Waals surface area contributed by atoms with E-state index in [0.717, 1.165) is 50.8 Å². The lowest BCUT2D eigenvalue weighted by atomic mass is 10.1. The minimum absolute atomic E-state index is 0.0769. The molecule has 0 radical (unpaired) electrons. The summed E-state index contributed by atoms with van der Waals surface area (Å²) in [5, 5.41) is 6.46. The van der Waals surface area contributed by atoms with Crippen LogP contribution in [0.1, 0.15) is 36.8 Å². The van der Waals surface area contributed by atoms with E-state index in [1.165, 1.54) is 6.42 Å². The lowest BCUT2D eigenvalue weighted by molar-refractivity contribution is -0.121. The van der Waals surface area contributed by atoms with E-state index >= 15 is 0 Å². The molecule has 23 heavy (non-hydrogen) atoms. The summed E-state index contributed by atoms with van der Waals surface area (Å²) in [6.07, 6.45) is 2.82. The van der Waals surface area contributed by atoms with Gasteiger partial charge in [-0.05, 0) is 38.4 Å². The molecule has 0 spiro atoms. The Morgan fingerprint density at radius 1 is 1.43 bits per heavy atom. The van der Waals surface area contributed by atoms with Crippen LogP contribution in [0, 0.1) is 6.92 Å². The molecule has 2 saturated heterocycles. The van der Waals surface area contributed by atoms with Gasteiger partial charge in [-0.15, -0.1) is 0 Å². The van der Waals surface area contributed by atoms with Gasteiger partial charge in [0.1, 0.15) is 11.5 Å². The molecule has 0 bridgehead atoms. The summed E-state index contributed by atoms with van der Waals surface area (Å²) < 4.78 is 11.3. The summed E-state index contributed by atoms with van der Waals surface area (Å²) in [6, 6.07) is 4.41. The summed E-state index contributed by atoms with van der Waals surface area (Å²) in [6.45, 7) is 6.75. The van der Waals surface area contributed by atoms with Crippen LogP contribution in [0.3, 0.4) is 0 Å². The SMILES string of the molecule is Cc1ccc(C(CNC(=O)CC2CCCN2)N2CCOCC2)o1. The molecule has 2 aliphatic heterocycles. The smallest absolute Gasteiger partial charge is 0.221 e. The molecule has 3 heterocycles. The van der Waals surface area contributed by atoms with Crippen molar-refractivity contribution in [3.8, 4) is 0 Å². The van der Waals surface area contributed by atoms with Crippen LogP contribution in [0.5, 0.6) is 0 Å². The van der Waals surface area contributed by atoms with Crippen LogP contribution >= 0.6 is 0 Å². The molecule has 3 rings (SSSR count). The summed E-state index contributed by atoms with van der Waals surface area (Å²) in [7, 11) is 0. The maximum atomic E-state index is 12.2. The largest absolute Gasteiger partial charge is 0.465 e. The zero-order chi connectivity index (χ0) is 16.1. The second-order valence-corrected chi connectivity index (χ2v) is 6.41. The Kier molecular flexibility index (Phi) is 5.70. The highest BCUT2D eigenvalue weighted by Gasteiger charge is 2.26.